The zero-order valence-electron chi connectivity index (χ0n) is 18.4. The first-order valence-electron chi connectivity index (χ1n) is 11.8. The van der Waals surface area contributed by atoms with E-state index in [1.807, 2.05) is 24.5 Å². The summed E-state index contributed by atoms with van der Waals surface area (Å²) in [7, 11) is 0. The Balaban J connectivity index is 1.39. The van der Waals surface area contributed by atoms with Gasteiger partial charge < -0.3 is 4.74 Å². The number of hydrogen-bond donors (Lipinski definition) is 0. The van der Waals surface area contributed by atoms with Crippen LogP contribution in [0.4, 0.5) is 0 Å². The fourth-order valence-corrected chi connectivity index (χ4v) is 4.22. The van der Waals surface area contributed by atoms with Gasteiger partial charge in [0, 0.05) is 18.0 Å². The van der Waals surface area contributed by atoms with Crippen molar-refractivity contribution in [3.8, 4) is 17.1 Å². The molecule has 0 amide bonds. The lowest BCUT2D eigenvalue weighted by molar-refractivity contribution is 0.113. The molecule has 1 saturated carbocycles. The minimum Gasteiger partial charge on any atom is -0.493 e. The third-order valence-electron chi connectivity index (χ3n) is 6.17. The second-order valence-corrected chi connectivity index (χ2v) is 8.76. The van der Waals surface area contributed by atoms with Crippen molar-refractivity contribution in [1.82, 2.24) is 9.97 Å². The number of nitrogens with zero attached hydrogens (tertiary/aromatic N) is 2. The molecule has 0 aliphatic heterocycles. The summed E-state index contributed by atoms with van der Waals surface area (Å²) in [5.41, 5.74) is 2.29. The monoisotopic (exact) mass is 394 g/mol. The molecule has 0 atom stereocenters. The number of aryl methyl sites for hydroxylation is 1. The van der Waals surface area contributed by atoms with Gasteiger partial charge in [0.15, 0.2) is 5.82 Å². The molecule has 158 valence electrons. The summed E-state index contributed by atoms with van der Waals surface area (Å²) in [6.07, 6.45) is 18.3. The van der Waals surface area contributed by atoms with E-state index >= 15 is 0 Å². The standard InChI is InChI=1S/C26H38N2O/c1-3-5-7-8-9-11-22-18-27-26(28-19-22)24-12-14-25(15-13-24)29-20-23-16-21(17-23)10-6-4-2/h12-15,18-19,21,23H,3-11,16-17,20H2,1-2H3. The van der Waals surface area contributed by atoms with E-state index in [4.69, 9.17) is 4.74 Å². The quantitative estimate of drug-likeness (QED) is 0.336. The van der Waals surface area contributed by atoms with Gasteiger partial charge in [-0.3, -0.25) is 0 Å². The van der Waals surface area contributed by atoms with E-state index in [0.29, 0.717) is 0 Å². The van der Waals surface area contributed by atoms with Gasteiger partial charge in [0.05, 0.1) is 6.61 Å². The topological polar surface area (TPSA) is 35.0 Å². The largest absolute Gasteiger partial charge is 0.493 e. The minimum atomic E-state index is 0.745. The normalized spacial score (nSPS) is 18.4. The zero-order valence-corrected chi connectivity index (χ0v) is 18.4. The Hall–Kier alpha value is -1.90. The Morgan fingerprint density at radius 3 is 2.21 bits per heavy atom. The Morgan fingerprint density at radius 2 is 1.52 bits per heavy atom. The van der Waals surface area contributed by atoms with Crippen LogP contribution in [0.15, 0.2) is 36.7 Å². The van der Waals surface area contributed by atoms with Crippen LogP contribution >= 0.6 is 0 Å². The van der Waals surface area contributed by atoms with Crippen LogP contribution in [0.3, 0.4) is 0 Å². The van der Waals surface area contributed by atoms with Crippen LogP contribution in [0.2, 0.25) is 0 Å². The Kier molecular flexibility index (Phi) is 8.98. The zero-order chi connectivity index (χ0) is 20.3. The Morgan fingerprint density at radius 1 is 0.828 bits per heavy atom. The smallest absolute Gasteiger partial charge is 0.159 e. The van der Waals surface area contributed by atoms with Crippen LogP contribution < -0.4 is 4.74 Å². The highest BCUT2D eigenvalue weighted by atomic mass is 16.5. The first-order chi connectivity index (χ1) is 14.3. The average molecular weight is 395 g/mol. The molecule has 1 fully saturated rings. The van der Waals surface area contributed by atoms with Crippen molar-refractivity contribution >= 4 is 0 Å². The number of rotatable bonds is 13. The molecule has 2 aromatic rings. The van der Waals surface area contributed by atoms with Crippen LogP contribution in [0.25, 0.3) is 11.4 Å². The van der Waals surface area contributed by atoms with Gasteiger partial charge >= 0.3 is 0 Å². The van der Waals surface area contributed by atoms with Crippen LogP contribution in [0, 0.1) is 11.8 Å². The first-order valence-corrected chi connectivity index (χ1v) is 11.8. The van der Waals surface area contributed by atoms with Gasteiger partial charge in [-0.2, -0.15) is 0 Å². The number of benzene rings is 1. The van der Waals surface area contributed by atoms with Gasteiger partial charge in [-0.25, -0.2) is 9.97 Å². The van der Waals surface area contributed by atoms with E-state index in [1.54, 1.807) is 0 Å². The van der Waals surface area contributed by atoms with E-state index in [1.165, 1.54) is 69.8 Å². The van der Waals surface area contributed by atoms with Crippen molar-refractivity contribution in [2.45, 2.75) is 84.5 Å². The molecular formula is C26H38N2O. The summed E-state index contributed by atoms with van der Waals surface area (Å²) >= 11 is 0. The molecule has 0 N–H and O–H groups in total. The molecule has 3 nitrogen and oxygen atoms in total. The summed E-state index contributed by atoms with van der Waals surface area (Å²) in [4.78, 5) is 9.14. The molecule has 1 aliphatic rings. The van der Waals surface area contributed by atoms with Crippen LogP contribution in [0.1, 0.15) is 83.6 Å². The SMILES string of the molecule is CCCCCCCc1cnc(-c2ccc(OCC3CC(CCCC)C3)cc2)nc1. The van der Waals surface area contributed by atoms with Gasteiger partial charge in [-0.1, -0.05) is 58.8 Å². The van der Waals surface area contributed by atoms with Crippen molar-refractivity contribution in [3.05, 3.63) is 42.2 Å². The van der Waals surface area contributed by atoms with Gasteiger partial charge in [-0.15, -0.1) is 0 Å². The fourth-order valence-electron chi connectivity index (χ4n) is 4.22. The molecule has 1 aromatic carbocycles. The lowest BCUT2D eigenvalue weighted by Gasteiger charge is -2.35. The van der Waals surface area contributed by atoms with Crippen molar-refractivity contribution in [3.63, 3.8) is 0 Å². The summed E-state index contributed by atoms with van der Waals surface area (Å²) in [5.74, 6) is 3.44. The molecule has 0 radical (unpaired) electrons. The molecule has 1 heterocycles. The molecule has 0 bridgehead atoms. The molecule has 29 heavy (non-hydrogen) atoms. The fraction of sp³-hybridized carbons (Fsp3) is 0.615. The van der Waals surface area contributed by atoms with Crippen molar-refractivity contribution < 1.29 is 4.74 Å². The van der Waals surface area contributed by atoms with Gasteiger partial charge in [0.25, 0.3) is 0 Å². The summed E-state index contributed by atoms with van der Waals surface area (Å²) < 4.78 is 6.00. The second-order valence-electron chi connectivity index (χ2n) is 8.76. The molecule has 3 heteroatoms. The molecule has 1 aromatic heterocycles. The molecule has 1 aliphatic carbocycles. The Labute approximate surface area is 177 Å². The molecule has 0 unspecified atom stereocenters. The van der Waals surface area contributed by atoms with Gasteiger partial charge in [0.2, 0.25) is 0 Å². The summed E-state index contributed by atoms with van der Waals surface area (Å²) in [5, 5.41) is 0. The number of ether oxygens (including phenoxy) is 1. The highest BCUT2D eigenvalue weighted by molar-refractivity contribution is 5.55. The lowest BCUT2D eigenvalue weighted by atomic mass is 9.73. The molecular weight excluding hydrogens is 356 g/mol. The second kappa shape index (κ2) is 11.9. The maximum atomic E-state index is 6.00. The first kappa shape index (κ1) is 21.8. The van der Waals surface area contributed by atoms with E-state index in [2.05, 4.69) is 35.9 Å². The minimum absolute atomic E-state index is 0.745. The third-order valence-corrected chi connectivity index (χ3v) is 6.17. The number of unbranched alkanes of at least 4 members (excludes halogenated alkanes) is 5. The predicted octanol–water partition coefficient (Wildman–Crippen LogP) is 7.25. The van der Waals surface area contributed by atoms with E-state index in [9.17, 15) is 0 Å². The van der Waals surface area contributed by atoms with Gasteiger partial charge in [-0.05, 0) is 67.3 Å². The van der Waals surface area contributed by atoms with Crippen molar-refractivity contribution in [2.24, 2.45) is 11.8 Å². The van der Waals surface area contributed by atoms with E-state index < -0.39 is 0 Å². The lowest BCUT2D eigenvalue weighted by Crippen LogP contribution is -2.28. The maximum absolute atomic E-state index is 6.00. The van der Waals surface area contributed by atoms with Crippen LogP contribution in [-0.2, 0) is 6.42 Å². The predicted molar refractivity (Wildman–Crippen MR) is 121 cm³/mol. The number of aromatic nitrogens is 2. The van der Waals surface area contributed by atoms with Crippen molar-refractivity contribution in [2.75, 3.05) is 6.61 Å². The molecule has 3 rings (SSSR count). The van der Waals surface area contributed by atoms with E-state index in [-0.39, 0.29) is 0 Å². The third kappa shape index (κ3) is 7.13. The number of hydrogen-bond acceptors (Lipinski definition) is 3. The maximum Gasteiger partial charge on any atom is 0.159 e. The highest BCUT2D eigenvalue weighted by Crippen LogP contribution is 2.37. The average Bonchev–Trinajstić information content (AvgIpc) is 2.73. The summed E-state index contributed by atoms with van der Waals surface area (Å²) in [6, 6.07) is 8.24. The van der Waals surface area contributed by atoms with Gasteiger partial charge in [0.1, 0.15) is 5.75 Å². The van der Waals surface area contributed by atoms with Crippen LogP contribution in [0.5, 0.6) is 5.75 Å². The van der Waals surface area contributed by atoms with E-state index in [0.717, 1.165) is 42.0 Å². The summed E-state index contributed by atoms with van der Waals surface area (Å²) in [6.45, 7) is 5.38. The molecule has 0 spiro atoms. The van der Waals surface area contributed by atoms with Crippen molar-refractivity contribution in [1.29, 1.82) is 0 Å². The Bertz CT molecular complexity index is 690. The van der Waals surface area contributed by atoms with Crippen LogP contribution in [-0.4, -0.2) is 16.6 Å². The highest BCUT2D eigenvalue weighted by Gasteiger charge is 2.28. The molecule has 0 saturated heterocycles.